The van der Waals surface area contributed by atoms with Crippen molar-refractivity contribution in [3.05, 3.63) is 52.0 Å². The van der Waals surface area contributed by atoms with Crippen LogP contribution < -0.4 is 5.56 Å². The third-order valence-electron chi connectivity index (χ3n) is 4.12. The van der Waals surface area contributed by atoms with E-state index in [0.717, 1.165) is 24.1 Å². The quantitative estimate of drug-likeness (QED) is 0.731. The standard InChI is InChI=1S/C16H16N4O3/c1-10-12-4-2-3-5-13(12)16(21)20(18-10)8-14-17-15(19-23-14)11-6-7-22-9-11/h2-5,11H,6-9H2,1H3. The second-order valence-corrected chi connectivity index (χ2v) is 5.70. The summed E-state index contributed by atoms with van der Waals surface area (Å²) in [6.45, 7) is 3.39. The van der Waals surface area contributed by atoms with Crippen LogP contribution in [0.5, 0.6) is 0 Å². The van der Waals surface area contributed by atoms with E-state index < -0.39 is 0 Å². The molecule has 1 unspecified atom stereocenters. The van der Waals surface area contributed by atoms with Gasteiger partial charge in [-0.05, 0) is 19.4 Å². The highest BCUT2D eigenvalue weighted by Gasteiger charge is 2.23. The van der Waals surface area contributed by atoms with Crippen molar-refractivity contribution >= 4 is 10.8 Å². The molecule has 1 aliphatic heterocycles. The van der Waals surface area contributed by atoms with Crippen LogP contribution in [0.25, 0.3) is 10.8 Å². The van der Waals surface area contributed by atoms with Crippen LogP contribution in [0.3, 0.4) is 0 Å². The van der Waals surface area contributed by atoms with Crippen LogP contribution >= 0.6 is 0 Å². The molecule has 118 valence electrons. The summed E-state index contributed by atoms with van der Waals surface area (Å²) >= 11 is 0. The van der Waals surface area contributed by atoms with Crippen molar-refractivity contribution in [2.45, 2.75) is 25.8 Å². The van der Waals surface area contributed by atoms with Crippen LogP contribution in [0.4, 0.5) is 0 Å². The molecular formula is C16H16N4O3. The van der Waals surface area contributed by atoms with Crippen LogP contribution in [0, 0.1) is 6.92 Å². The van der Waals surface area contributed by atoms with Gasteiger partial charge in [0.05, 0.1) is 17.7 Å². The molecular weight excluding hydrogens is 296 g/mol. The molecule has 0 radical (unpaired) electrons. The first-order chi connectivity index (χ1) is 11.2. The third-order valence-corrected chi connectivity index (χ3v) is 4.12. The Morgan fingerprint density at radius 1 is 1.30 bits per heavy atom. The second-order valence-electron chi connectivity index (χ2n) is 5.70. The van der Waals surface area contributed by atoms with Crippen molar-refractivity contribution in [2.75, 3.05) is 13.2 Å². The Hall–Kier alpha value is -2.54. The first kappa shape index (κ1) is 14.1. The van der Waals surface area contributed by atoms with Gasteiger partial charge in [-0.3, -0.25) is 4.79 Å². The largest absolute Gasteiger partial charge is 0.381 e. The van der Waals surface area contributed by atoms with Gasteiger partial charge >= 0.3 is 0 Å². The molecule has 1 aliphatic rings. The summed E-state index contributed by atoms with van der Waals surface area (Å²) in [5.41, 5.74) is 0.638. The van der Waals surface area contributed by atoms with Crippen molar-refractivity contribution in [3.63, 3.8) is 0 Å². The van der Waals surface area contributed by atoms with Gasteiger partial charge in [-0.15, -0.1) is 0 Å². The van der Waals surface area contributed by atoms with E-state index in [-0.39, 0.29) is 18.0 Å². The minimum atomic E-state index is -0.157. The number of benzene rings is 1. The Morgan fingerprint density at radius 2 is 2.13 bits per heavy atom. The normalized spacial score (nSPS) is 17.9. The number of nitrogens with zero attached hydrogens (tertiary/aromatic N) is 4. The minimum Gasteiger partial charge on any atom is -0.381 e. The van der Waals surface area contributed by atoms with Crippen LogP contribution in [-0.4, -0.2) is 33.1 Å². The number of hydrogen-bond donors (Lipinski definition) is 0. The first-order valence-corrected chi connectivity index (χ1v) is 7.59. The monoisotopic (exact) mass is 312 g/mol. The average molecular weight is 312 g/mol. The van der Waals surface area contributed by atoms with Gasteiger partial charge < -0.3 is 9.26 Å². The van der Waals surface area contributed by atoms with Crippen LogP contribution in [0.2, 0.25) is 0 Å². The van der Waals surface area contributed by atoms with Gasteiger partial charge in [0.2, 0.25) is 5.89 Å². The zero-order valence-electron chi connectivity index (χ0n) is 12.7. The molecule has 2 aromatic heterocycles. The number of rotatable bonds is 3. The number of fused-ring (bicyclic) bond motifs is 1. The van der Waals surface area contributed by atoms with E-state index in [4.69, 9.17) is 9.26 Å². The van der Waals surface area contributed by atoms with Gasteiger partial charge in [0.25, 0.3) is 5.56 Å². The molecule has 1 atom stereocenters. The summed E-state index contributed by atoms with van der Waals surface area (Å²) in [5, 5.41) is 9.86. The lowest BCUT2D eigenvalue weighted by Gasteiger charge is -2.06. The van der Waals surface area contributed by atoms with E-state index in [1.54, 1.807) is 6.07 Å². The molecule has 0 spiro atoms. The van der Waals surface area contributed by atoms with Crippen LogP contribution in [0.1, 0.15) is 29.7 Å². The molecule has 0 bridgehead atoms. The van der Waals surface area contributed by atoms with Crippen molar-refractivity contribution in [3.8, 4) is 0 Å². The summed E-state index contributed by atoms with van der Waals surface area (Å²) in [6, 6.07) is 7.44. The molecule has 23 heavy (non-hydrogen) atoms. The summed E-state index contributed by atoms with van der Waals surface area (Å²) in [6.07, 6.45) is 0.895. The van der Waals surface area contributed by atoms with E-state index in [1.165, 1.54) is 4.68 Å². The highest BCUT2D eigenvalue weighted by molar-refractivity contribution is 5.83. The zero-order chi connectivity index (χ0) is 15.8. The number of aromatic nitrogens is 4. The van der Waals surface area contributed by atoms with E-state index in [1.807, 2.05) is 25.1 Å². The molecule has 0 N–H and O–H groups in total. The molecule has 1 aromatic carbocycles. The van der Waals surface area contributed by atoms with Gasteiger partial charge in [0, 0.05) is 17.9 Å². The first-order valence-electron chi connectivity index (χ1n) is 7.59. The fourth-order valence-corrected chi connectivity index (χ4v) is 2.88. The topological polar surface area (TPSA) is 83.0 Å². The van der Waals surface area contributed by atoms with Crippen LogP contribution in [-0.2, 0) is 11.3 Å². The smallest absolute Gasteiger partial charge is 0.275 e. The maximum atomic E-state index is 12.5. The minimum absolute atomic E-state index is 0.157. The maximum Gasteiger partial charge on any atom is 0.275 e. The van der Waals surface area contributed by atoms with E-state index in [2.05, 4.69) is 15.2 Å². The summed E-state index contributed by atoms with van der Waals surface area (Å²) < 4.78 is 12.0. The second kappa shape index (κ2) is 5.58. The Bertz CT molecular complexity index is 909. The highest BCUT2D eigenvalue weighted by atomic mass is 16.5. The van der Waals surface area contributed by atoms with E-state index >= 15 is 0 Å². The molecule has 3 aromatic rings. The van der Waals surface area contributed by atoms with Gasteiger partial charge in [-0.1, -0.05) is 23.4 Å². The van der Waals surface area contributed by atoms with Gasteiger partial charge in [-0.2, -0.15) is 10.1 Å². The SMILES string of the molecule is Cc1nn(Cc2nc(C3CCOC3)no2)c(=O)c2ccccc12. The Kier molecular flexibility index (Phi) is 3.42. The van der Waals surface area contributed by atoms with Crippen molar-refractivity contribution < 1.29 is 9.26 Å². The predicted octanol–water partition coefficient (Wildman–Crippen LogP) is 1.64. The Morgan fingerprint density at radius 3 is 2.91 bits per heavy atom. The number of ether oxygens (including phenoxy) is 1. The molecule has 7 heteroatoms. The number of aryl methyl sites for hydroxylation is 1. The highest BCUT2D eigenvalue weighted by Crippen LogP contribution is 2.22. The van der Waals surface area contributed by atoms with Gasteiger partial charge in [0.15, 0.2) is 5.82 Å². The Balaban J connectivity index is 1.68. The van der Waals surface area contributed by atoms with E-state index in [0.29, 0.717) is 23.7 Å². The molecule has 0 amide bonds. The molecule has 1 fully saturated rings. The van der Waals surface area contributed by atoms with Crippen molar-refractivity contribution in [1.82, 2.24) is 19.9 Å². The maximum absolute atomic E-state index is 12.5. The summed E-state index contributed by atoms with van der Waals surface area (Å²) in [5.74, 6) is 1.20. The van der Waals surface area contributed by atoms with Gasteiger partial charge in [0.1, 0.15) is 6.54 Å². The zero-order valence-corrected chi connectivity index (χ0v) is 12.7. The number of hydrogen-bond acceptors (Lipinski definition) is 6. The van der Waals surface area contributed by atoms with Crippen molar-refractivity contribution in [1.29, 1.82) is 0 Å². The fraction of sp³-hybridized carbons (Fsp3) is 0.375. The summed E-state index contributed by atoms with van der Waals surface area (Å²) in [7, 11) is 0. The lowest BCUT2D eigenvalue weighted by Crippen LogP contribution is -2.24. The lowest BCUT2D eigenvalue weighted by atomic mass is 10.1. The fourth-order valence-electron chi connectivity index (χ4n) is 2.88. The molecule has 1 saturated heterocycles. The molecule has 7 nitrogen and oxygen atoms in total. The average Bonchev–Trinajstić information content (AvgIpc) is 3.23. The molecule has 4 rings (SSSR count). The molecule has 0 saturated carbocycles. The molecule has 0 aliphatic carbocycles. The van der Waals surface area contributed by atoms with Crippen molar-refractivity contribution in [2.24, 2.45) is 0 Å². The summed E-state index contributed by atoms with van der Waals surface area (Å²) in [4.78, 5) is 16.9. The molecule has 3 heterocycles. The Labute approximate surface area is 131 Å². The lowest BCUT2D eigenvalue weighted by molar-refractivity contribution is 0.192. The van der Waals surface area contributed by atoms with Gasteiger partial charge in [-0.25, -0.2) is 4.68 Å². The predicted molar refractivity (Wildman–Crippen MR) is 82.3 cm³/mol. The van der Waals surface area contributed by atoms with Crippen LogP contribution in [0.15, 0.2) is 33.6 Å². The van der Waals surface area contributed by atoms with E-state index in [9.17, 15) is 4.79 Å². The third kappa shape index (κ3) is 2.53.